The summed E-state index contributed by atoms with van der Waals surface area (Å²) < 4.78 is 1.08. The SMILES string of the molecule is CCCNC(=O)[C@H](C)SCc1ccc(Br)cc1. The average Bonchev–Trinajstić information content (AvgIpc) is 2.34. The van der Waals surface area contributed by atoms with Crippen LogP contribution < -0.4 is 5.32 Å². The van der Waals surface area contributed by atoms with Gasteiger partial charge in [-0.05, 0) is 31.0 Å². The molecule has 94 valence electrons. The fraction of sp³-hybridized carbons (Fsp3) is 0.462. The molecule has 0 radical (unpaired) electrons. The predicted molar refractivity (Wildman–Crippen MR) is 78.2 cm³/mol. The highest BCUT2D eigenvalue weighted by Crippen LogP contribution is 2.19. The third-order valence-corrected chi connectivity index (χ3v) is 4.07. The Kier molecular flexibility index (Phi) is 6.66. The Balaban J connectivity index is 2.34. The van der Waals surface area contributed by atoms with E-state index in [1.54, 1.807) is 11.8 Å². The monoisotopic (exact) mass is 315 g/mol. The summed E-state index contributed by atoms with van der Waals surface area (Å²) in [7, 11) is 0. The Morgan fingerprint density at radius 3 is 2.65 bits per heavy atom. The molecule has 0 aliphatic heterocycles. The summed E-state index contributed by atoms with van der Waals surface area (Å²) in [6, 6.07) is 8.21. The molecule has 1 aromatic rings. The topological polar surface area (TPSA) is 29.1 Å². The van der Waals surface area contributed by atoms with Gasteiger partial charge in [0.25, 0.3) is 0 Å². The van der Waals surface area contributed by atoms with E-state index in [1.807, 2.05) is 19.1 Å². The van der Waals surface area contributed by atoms with Gasteiger partial charge in [0.2, 0.25) is 5.91 Å². The first-order valence-corrected chi connectivity index (χ1v) is 7.61. The smallest absolute Gasteiger partial charge is 0.232 e. The number of benzene rings is 1. The first-order chi connectivity index (χ1) is 8.13. The van der Waals surface area contributed by atoms with E-state index >= 15 is 0 Å². The number of carbonyl (C=O) groups is 1. The van der Waals surface area contributed by atoms with Crippen molar-refractivity contribution < 1.29 is 4.79 Å². The van der Waals surface area contributed by atoms with Crippen molar-refractivity contribution in [3.63, 3.8) is 0 Å². The fourth-order valence-corrected chi connectivity index (χ4v) is 2.40. The molecule has 1 aromatic carbocycles. The fourth-order valence-electron chi connectivity index (χ4n) is 1.27. The Hall–Kier alpha value is -0.480. The summed E-state index contributed by atoms with van der Waals surface area (Å²) in [6.45, 7) is 4.77. The van der Waals surface area contributed by atoms with Crippen LogP contribution in [0.25, 0.3) is 0 Å². The zero-order chi connectivity index (χ0) is 12.7. The molecule has 0 saturated heterocycles. The van der Waals surface area contributed by atoms with Crippen molar-refractivity contribution in [1.29, 1.82) is 0 Å². The van der Waals surface area contributed by atoms with Gasteiger partial charge in [0.15, 0.2) is 0 Å². The summed E-state index contributed by atoms with van der Waals surface area (Å²) in [6.07, 6.45) is 0.982. The lowest BCUT2D eigenvalue weighted by Crippen LogP contribution is -2.31. The highest BCUT2D eigenvalue weighted by Gasteiger charge is 2.12. The largest absolute Gasteiger partial charge is 0.355 e. The zero-order valence-electron chi connectivity index (χ0n) is 10.2. The van der Waals surface area contributed by atoms with E-state index in [-0.39, 0.29) is 11.2 Å². The molecule has 1 rings (SSSR count). The molecule has 0 fully saturated rings. The molecule has 0 aliphatic rings. The molecule has 1 atom stereocenters. The molecule has 2 nitrogen and oxygen atoms in total. The van der Waals surface area contributed by atoms with E-state index in [9.17, 15) is 4.79 Å². The van der Waals surface area contributed by atoms with Gasteiger partial charge in [-0.1, -0.05) is 35.0 Å². The summed E-state index contributed by atoms with van der Waals surface area (Å²) in [5.41, 5.74) is 1.24. The van der Waals surface area contributed by atoms with E-state index in [0.29, 0.717) is 0 Å². The molecule has 4 heteroatoms. The number of hydrogen-bond acceptors (Lipinski definition) is 2. The number of hydrogen-bond donors (Lipinski definition) is 1. The van der Waals surface area contributed by atoms with Gasteiger partial charge in [0, 0.05) is 16.8 Å². The molecule has 1 N–H and O–H groups in total. The molecule has 0 saturated carbocycles. The molecule has 1 amide bonds. The third kappa shape index (κ3) is 5.59. The molecule has 17 heavy (non-hydrogen) atoms. The second kappa shape index (κ2) is 7.77. The van der Waals surface area contributed by atoms with Crippen LogP contribution in [0.5, 0.6) is 0 Å². The van der Waals surface area contributed by atoms with Crippen molar-refractivity contribution in [3.05, 3.63) is 34.3 Å². The minimum Gasteiger partial charge on any atom is -0.355 e. The molecular formula is C13H18BrNOS. The summed E-state index contributed by atoms with van der Waals surface area (Å²) in [5, 5.41) is 2.92. The van der Waals surface area contributed by atoms with Gasteiger partial charge in [-0.25, -0.2) is 0 Å². The van der Waals surface area contributed by atoms with Crippen LogP contribution >= 0.6 is 27.7 Å². The maximum Gasteiger partial charge on any atom is 0.232 e. The lowest BCUT2D eigenvalue weighted by molar-refractivity contribution is -0.120. The van der Waals surface area contributed by atoms with Crippen molar-refractivity contribution >= 4 is 33.6 Å². The second-order valence-corrected chi connectivity index (χ2v) is 6.12. The molecule has 0 aliphatic carbocycles. The number of thioether (sulfide) groups is 1. The quantitative estimate of drug-likeness (QED) is 0.869. The van der Waals surface area contributed by atoms with Crippen molar-refractivity contribution in [1.82, 2.24) is 5.32 Å². The van der Waals surface area contributed by atoms with Gasteiger partial charge in [-0.3, -0.25) is 4.79 Å². The average molecular weight is 316 g/mol. The summed E-state index contributed by atoms with van der Waals surface area (Å²) >= 11 is 5.07. The van der Waals surface area contributed by atoms with Gasteiger partial charge in [-0.15, -0.1) is 11.8 Å². The van der Waals surface area contributed by atoms with Crippen LogP contribution in [-0.2, 0) is 10.5 Å². The van der Waals surface area contributed by atoms with Crippen molar-refractivity contribution in [2.24, 2.45) is 0 Å². The lowest BCUT2D eigenvalue weighted by atomic mass is 10.2. The van der Waals surface area contributed by atoms with E-state index in [4.69, 9.17) is 0 Å². The minimum absolute atomic E-state index is 0.00481. The zero-order valence-corrected chi connectivity index (χ0v) is 12.6. The van der Waals surface area contributed by atoms with E-state index in [2.05, 4.69) is 40.3 Å². The van der Waals surface area contributed by atoms with Crippen LogP contribution in [0, 0.1) is 0 Å². The van der Waals surface area contributed by atoms with Gasteiger partial charge in [0.1, 0.15) is 0 Å². The Bertz CT molecular complexity index is 353. The number of nitrogens with one attached hydrogen (secondary N) is 1. The first-order valence-electron chi connectivity index (χ1n) is 5.77. The van der Waals surface area contributed by atoms with Gasteiger partial charge in [0.05, 0.1) is 5.25 Å². The van der Waals surface area contributed by atoms with Crippen molar-refractivity contribution in [2.45, 2.75) is 31.3 Å². The highest BCUT2D eigenvalue weighted by molar-refractivity contribution is 9.10. The second-order valence-electron chi connectivity index (χ2n) is 3.87. The van der Waals surface area contributed by atoms with E-state index in [1.165, 1.54) is 5.56 Å². The van der Waals surface area contributed by atoms with Gasteiger partial charge in [-0.2, -0.15) is 0 Å². The van der Waals surface area contributed by atoms with Crippen LogP contribution in [0.4, 0.5) is 0 Å². The Morgan fingerprint density at radius 1 is 1.41 bits per heavy atom. The van der Waals surface area contributed by atoms with Crippen LogP contribution in [0.3, 0.4) is 0 Å². The summed E-state index contributed by atoms with van der Waals surface area (Å²) in [5.74, 6) is 1.00. The van der Waals surface area contributed by atoms with E-state index < -0.39 is 0 Å². The maximum atomic E-state index is 11.6. The summed E-state index contributed by atoms with van der Waals surface area (Å²) in [4.78, 5) is 11.6. The minimum atomic E-state index is 0.00481. The first kappa shape index (κ1) is 14.6. The van der Waals surface area contributed by atoms with Crippen LogP contribution in [0.2, 0.25) is 0 Å². The van der Waals surface area contributed by atoms with Crippen molar-refractivity contribution in [2.75, 3.05) is 6.54 Å². The van der Waals surface area contributed by atoms with Crippen molar-refractivity contribution in [3.8, 4) is 0 Å². The molecule has 0 aromatic heterocycles. The normalized spacial score (nSPS) is 12.2. The molecule has 0 spiro atoms. The molecule has 0 unspecified atom stereocenters. The van der Waals surface area contributed by atoms with E-state index in [0.717, 1.165) is 23.2 Å². The number of rotatable bonds is 6. The van der Waals surface area contributed by atoms with Gasteiger partial charge < -0.3 is 5.32 Å². The third-order valence-electron chi connectivity index (χ3n) is 2.33. The Morgan fingerprint density at radius 2 is 2.06 bits per heavy atom. The molecule has 0 heterocycles. The standard InChI is InChI=1S/C13H18BrNOS/c1-3-8-15-13(16)10(2)17-9-11-4-6-12(14)7-5-11/h4-7,10H,3,8-9H2,1-2H3,(H,15,16)/t10-/m0/s1. The van der Waals surface area contributed by atoms with Crippen LogP contribution in [-0.4, -0.2) is 17.7 Å². The lowest BCUT2D eigenvalue weighted by Gasteiger charge is -2.11. The molecule has 0 bridgehead atoms. The van der Waals surface area contributed by atoms with Gasteiger partial charge >= 0.3 is 0 Å². The number of halogens is 1. The number of carbonyl (C=O) groups excluding carboxylic acids is 1. The number of amides is 1. The molecular weight excluding hydrogens is 298 g/mol. The van der Waals surface area contributed by atoms with Crippen LogP contribution in [0.15, 0.2) is 28.7 Å². The Labute approximate surface area is 116 Å². The maximum absolute atomic E-state index is 11.6. The highest BCUT2D eigenvalue weighted by atomic mass is 79.9. The van der Waals surface area contributed by atoms with Crippen LogP contribution in [0.1, 0.15) is 25.8 Å². The predicted octanol–water partition coefficient (Wildman–Crippen LogP) is 3.60.